The van der Waals surface area contributed by atoms with E-state index in [-0.39, 0.29) is 11.4 Å². The van der Waals surface area contributed by atoms with E-state index in [0.29, 0.717) is 12.2 Å². The second-order valence-corrected chi connectivity index (χ2v) is 4.72. The highest BCUT2D eigenvalue weighted by Crippen LogP contribution is 2.22. The Labute approximate surface area is 130 Å². The van der Waals surface area contributed by atoms with E-state index in [1.807, 2.05) is 6.07 Å². The van der Waals surface area contributed by atoms with Gasteiger partial charge in [0.15, 0.2) is 5.69 Å². The Kier molecular flexibility index (Phi) is 3.76. The maximum absolute atomic E-state index is 10.7. The van der Waals surface area contributed by atoms with Crippen LogP contribution in [0.15, 0.2) is 48.8 Å². The van der Waals surface area contributed by atoms with E-state index in [1.165, 1.54) is 12.1 Å². The summed E-state index contributed by atoms with van der Waals surface area (Å²) >= 11 is 0. The van der Waals surface area contributed by atoms with Gasteiger partial charge in [0.05, 0.1) is 11.5 Å². The van der Waals surface area contributed by atoms with Crippen LogP contribution in [0.25, 0.3) is 11.3 Å². The van der Waals surface area contributed by atoms with Crippen LogP contribution in [0.5, 0.6) is 0 Å². The van der Waals surface area contributed by atoms with Crippen molar-refractivity contribution < 1.29 is 4.92 Å². The maximum Gasteiger partial charge on any atom is 0.269 e. The van der Waals surface area contributed by atoms with Gasteiger partial charge in [0.25, 0.3) is 5.69 Å². The summed E-state index contributed by atoms with van der Waals surface area (Å²) in [6, 6.07) is 11.7. The summed E-state index contributed by atoms with van der Waals surface area (Å²) in [5.74, 6) is 0. The predicted molar refractivity (Wildman–Crippen MR) is 80.2 cm³/mol. The Bertz CT molecular complexity index is 881. The van der Waals surface area contributed by atoms with Crippen molar-refractivity contribution in [3.05, 3.63) is 70.2 Å². The maximum atomic E-state index is 10.7. The molecule has 0 radical (unpaired) electrons. The zero-order valence-corrected chi connectivity index (χ0v) is 11.8. The molecule has 0 saturated heterocycles. The molecular formula is C15H10N6O2. The van der Waals surface area contributed by atoms with Crippen molar-refractivity contribution in [2.24, 2.45) is 0 Å². The van der Waals surface area contributed by atoms with Crippen molar-refractivity contribution in [3.8, 4) is 17.3 Å². The summed E-state index contributed by atoms with van der Waals surface area (Å²) in [6.45, 7) is 0.352. The van der Waals surface area contributed by atoms with Gasteiger partial charge in [-0.15, -0.1) is 5.10 Å². The number of pyridine rings is 1. The molecule has 3 aromatic rings. The minimum absolute atomic E-state index is 0.0272. The fourth-order valence-electron chi connectivity index (χ4n) is 2.19. The van der Waals surface area contributed by atoms with E-state index < -0.39 is 4.92 Å². The zero-order chi connectivity index (χ0) is 16.2. The number of nitrogens with zero attached hydrogens (tertiary/aromatic N) is 6. The Morgan fingerprint density at radius 1 is 1.17 bits per heavy atom. The van der Waals surface area contributed by atoms with Crippen LogP contribution in [0.2, 0.25) is 0 Å². The van der Waals surface area contributed by atoms with E-state index in [0.717, 1.165) is 11.1 Å². The number of benzene rings is 1. The predicted octanol–water partition coefficient (Wildman–Crippen LogP) is 2.17. The normalized spacial score (nSPS) is 10.2. The molecule has 3 rings (SSSR count). The van der Waals surface area contributed by atoms with Gasteiger partial charge in [-0.1, -0.05) is 17.3 Å². The third-order valence-electron chi connectivity index (χ3n) is 3.27. The van der Waals surface area contributed by atoms with E-state index in [9.17, 15) is 15.4 Å². The van der Waals surface area contributed by atoms with Gasteiger partial charge >= 0.3 is 0 Å². The monoisotopic (exact) mass is 306 g/mol. The van der Waals surface area contributed by atoms with Crippen LogP contribution in [0.4, 0.5) is 5.69 Å². The van der Waals surface area contributed by atoms with Gasteiger partial charge < -0.3 is 0 Å². The molecule has 0 unspecified atom stereocenters. The Balaban J connectivity index is 1.96. The smallest absolute Gasteiger partial charge is 0.265 e. The lowest BCUT2D eigenvalue weighted by molar-refractivity contribution is -0.384. The molecule has 0 amide bonds. The van der Waals surface area contributed by atoms with Crippen molar-refractivity contribution in [1.29, 1.82) is 5.26 Å². The number of nitro benzene ring substituents is 1. The highest BCUT2D eigenvalue weighted by atomic mass is 16.6. The fraction of sp³-hybridized carbons (Fsp3) is 0.0667. The lowest BCUT2D eigenvalue weighted by atomic mass is 10.1. The largest absolute Gasteiger partial charge is 0.269 e. The van der Waals surface area contributed by atoms with Gasteiger partial charge in [-0.3, -0.25) is 15.1 Å². The highest BCUT2D eigenvalue weighted by Gasteiger charge is 2.15. The quantitative estimate of drug-likeness (QED) is 0.539. The zero-order valence-electron chi connectivity index (χ0n) is 11.8. The lowest BCUT2D eigenvalue weighted by Crippen LogP contribution is -2.04. The SMILES string of the molecule is N#Cc1nnn(Cc2ccc([N+](=O)[O-])cc2)c1-c1ccncc1. The van der Waals surface area contributed by atoms with Crippen molar-refractivity contribution in [2.45, 2.75) is 6.54 Å². The molecule has 0 aliphatic rings. The van der Waals surface area contributed by atoms with Crippen LogP contribution in [-0.4, -0.2) is 24.9 Å². The summed E-state index contributed by atoms with van der Waals surface area (Å²) in [5.41, 5.74) is 2.44. The Morgan fingerprint density at radius 3 is 2.48 bits per heavy atom. The van der Waals surface area contributed by atoms with Gasteiger partial charge in [-0.25, -0.2) is 4.68 Å². The molecule has 1 aromatic carbocycles. The first-order chi connectivity index (χ1) is 11.2. The van der Waals surface area contributed by atoms with Crippen LogP contribution in [-0.2, 0) is 6.54 Å². The Hall–Kier alpha value is -3.60. The number of aromatic nitrogens is 4. The number of non-ortho nitro benzene ring substituents is 1. The van der Waals surface area contributed by atoms with Crippen molar-refractivity contribution in [3.63, 3.8) is 0 Å². The fourth-order valence-corrected chi connectivity index (χ4v) is 2.19. The number of nitro groups is 1. The van der Waals surface area contributed by atoms with Crippen LogP contribution >= 0.6 is 0 Å². The Morgan fingerprint density at radius 2 is 1.87 bits per heavy atom. The third kappa shape index (κ3) is 2.89. The topological polar surface area (TPSA) is 111 Å². The molecule has 0 aliphatic carbocycles. The van der Waals surface area contributed by atoms with Crippen molar-refractivity contribution in [2.75, 3.05) is 0 Å². The number of rotatable bonds is 4. The van der Waals surface area contributed by atoms with E-state index in [1.54, 1.807) is 41.3 Å². The van der Waals surface area contributed by atoms with E-state index in [2.05, 4.69) is 15.3 Å². The minimum atomic E-state index is -0.449. The summed E-state index contributed by atoms with van der Waals surface area (Å²) < 4.78 is 1.59. The van der Waals surface area contributed by atoms with Gasteiger partial charge in [-0.2, -0.15) is 5.26 Å². The first kappa shape index (κ1) is 14.3. The number of nitriles is 1. The molecule has 0 atom stereocenters. The third-order valence-corrected chi connectivity index (χ3v) is 3.27. The van der Waals surface area contributed by atoms with Gasteiger partial charge in [0, 0.05) is 30.1 Å². The molecule has 8 nitrogen and oxygen atoms in total. The van der Waals surface area contributed by atoms with Gasteiger partial charge in [-0.05, 0) is 17.7 Å². The van der Waals surface area contributed by atoms with Crippen molar-refractivity contribution >= 4 is 5.69 Å². The summed E-state index contributed by atoms with van der Waals surface area (Å²) in [5, 5.41) is 27.8. The molecule has 2 aromatic heterocycles. The molecule has 0 spiro atoms. The molecule has 8 heteroatoms. The standard InChI is InChI=1S/C15H10N6O2/c16-9-14-15(12-5-7-17-8-6-12)20(19-18-14)10-11-1-3-13(4-2-11)21(22)23/h1-8H,10H2. The molecular weight excluding hydrogens is 296 g/mol. The second kappa shape index (κ2) is 6.03. The van der Waals surface area contributed by atoms with E-state index >= 15 is 0 Å². The van der Waals surface area contributed by atoms with Crippen LogP contribution < -0.4 is 0 Å². The molecule has 0 fully saturated rings. The van der Waals surface area contributed by atoms with Crippen LogP contribution in [0.3, 0.4) is 0 Å². The summed E-state index contributed by atoms with van der Waals surface area (Å²) in [7, 11) is 0. The number of hydrogen-bond donors (Lipinski definition) is 0. The van der Waals surface area contributed by atoms with Crippen molar-refractivity contribution in [1.82, 2.24) is 20.0 Å². The van der Waals surface area contributed by atoms with Gasteiger partial charge in [0.1, 0.15) is 11.8 Å². The second-order valence-electron chi connectivity index (χ2n) is 4.72. The average molecular weight is 306 g/mol. The van der Waals surface area contributed by atoms with Crippen LogP contribution in [0.1, 0.15) is 11.3 Å². The molecule has 23 heavy (non-hydrogen) atoms. The average Bonchev–Trinajstić information content (AvgIpc) is 2.99. The van der Waals surface area contributed by atoms with Crippen LogP contribution in [0, 0.1) is 21.4 Å². The molecule has 0 saturated carbocycles. The first-order valence-corrected chi connectivity index (χ1v) is 6.66. The molecule has 2 heterocycles. The lowest BCUT2D eigenvalue weighted by Gasteiger charge is -2.06. The van der Waals surface area contributed by atoms with Gasteiger partial charge in [0.2, 0.25) is 0 Å². The first-order valence-electron chi connectivity index (χ1n) is 6.66. The molecule has 0 bridgehead atoms. The van der Waals surface area contributed by atoms with E-state index in [4.69, 9.17) is 0 Å². The number of hydrogen-bond acceptors (Lipinski definition) is 6. The highest BCUT2D eigenvalue weighted by molar-refractivity contribution is 5.64. The molecule has 0 aliphatic heterocycles. The summed E-state index contributed by atoms with van der Waals surface area (Å²) in [6.07, 6.45) is 3.25. The summed E-state index contributed by atoms with van der Waals surface area (Å²) in [4.78, 5) is 14.2. The minimum Gasteiger partial charge on any atom is -0.265 e. The molecule has 0 N–H and O–H groups in total. The molecule has 112 valence electrons.